The van der Waals surface area contributed by atoms with Gasteiger partial charge in [0.2, 0.25) is 0 Å². The second kappa shape index (κ2) is 6.80. The zero-order valence-corrected chi connectivity index (χ0v) is 12.3. The minimum absolute atomic E-state index is 0.736. The summed E-state index contributed by atoms with van der Waals surface area (Å²) in [4.78, 5) is 0. The van der Waals surface area contributed by atoms with E-state index in [1.54, 1.807) is 7.11 Å². The van der Waals surface area contributed by atoms with Gasteiger partial charge in [-0.15, -0.1) is 0 Å². The fourth-order valence-corrected chi connectivity index (χ4v) is 2.91. The molecule has 0 atom stereocenters. The minimum Gasteiger partial charge on any atom is -0.496 e. The van der Waals surface area contributed by atoms with E-state index in [-0.39, 0.29) is 0 Å². The Hall–Kier alpha value is -1.22. The molecule has 1 aromatic rings. The Morgan fingerprint density at radius 3 is 2.53 bits per heavy atom. The van der Waals surface area contributed by atoms with Crippen molar-refractivity contribution in [2.24, 2.45) is 5.92 Å². The molecule has 1 saturated carbocycles. The molecular weight excluding hydrogens is 236 g/mol. The first-order valence-electron chi connectivity index (χ1n) is 7.28. The Morgan fingerprint density at radius 1 is 1.21 bits per heavy atom. The van der Waals surface area contributed by atoms with Crippen molar-refractivity contribution < 1.29 is 4.74 Å². The molecular formula is C16H26N2O. The number of methoxy groups -OCH3 is 1. The molecule has 0 bridgehead atoms. The molecule has 3 nitrogen and oxygen atoms in total. The van der Waals surface area contributed by atoms with Crippen molar-refractivity contribution in [2.75, 3.05) is 26.0 Å². The molecule has 3 heteroatoms. The van der Waals surface area contributed by atoms with Crippen LogP contribution in [-0.2, 0) is 0 Å². The van der Waals surface area contributed by atoms with E-state index in [4.69, 9.17) is 4.74 Å². The second-order valence-electron chi connectivity index (χ2n) is 5.57. The molecule has 2 rings (SSSR count). The second-order valence-corrected chi connectivity index (χ2v) is 5.57. The van der Waals surface area contributed by atoms with Crippen molar-refractivity contribution in [2.45, 2.75) is 38.6 Å². The zero-order valence-electron chi connectivity index (χ0n) is 12.3. The van der Waals surface area contributed by atoms with Crippen LogP contribution < -0.4 is 15.4 Å². The van der Waals surface area contributed by atoms with Crippen LogP contribution in [0, 0.1) is 12.8 Å². The Bertz CT molecular complexity index is 398. The fraction of sp³-hybridized carbons (Fsp3) is 0.625. The van der Waals surface area contributed by atoms with E-state index in [9.17, 15) is 0 Å². The van der Waals surface area contributed by atoms with Gasteiger partial charge in [0.05, 0.1) is 7.11 Å². The molecule has 0 aliphatic heterocycles. The lowest BCUT2D eigenvalue weighted by molar-refractivity contribution is 0.312. The van der Waals surface area contributed by atoms with Crippen LogP contribution in [0.15, 0.2) is 18.2 Å². The monoisotopic (exact) mass is 262 g/mol. The molecule has 2 N–H and O–H groups in total. The first-order valence-corrected chi connectivity index (χ1v) is 7.28. The van der Waals surface area contributed by atoms with Crippen molar-refractivity contribution in [3.8, 4) is 5.75 Å². The summed E-state index contributed by atoms with van der Waals surface area (Å²) in [7, 11) is 3.79. The van der Waals surface area contributed by atoms with E-state index < -0.39 is 0 Å². The molecule has 1 fully saturated rings. The zero-order chi connectivity index (χ0) is 13.7. The van der Waals surface area contributed by atoms with Crippen LogP contribution in [0.4, 0.5) is 5.69 Å². The molecule has 0 radical (unpaired) electrons. The van der Waals surface area contributed by atoms with Crippen molar-refractivity contribution in [3.63, 3.8) is 0 Å². The minimum atomic E-state index is 0.736. The van der Waals surface area contributed by atoms with Crippen molar-refractivity contribution in [1.82, 2.24) is 5.32 Å². The van der Waals surface area contributed by atoms with Crippen LogP contribution in [0.25, 0.3) is 0 Å². The van der Waals surface area contributed by atoms with Gasteiger partial charge in [0.25, 0.3) is 0 Å². The molecule has 0 heterocycles. The standard InChI is InChI=1S/C16H26N2O/c1-12-10-15(8-9-16(12)19-3)18-11-13-4-6-14(17-2)7-5-13/h8-10,13-14,17-18H,4-7,11H2,1-3H3. The Balaban J connectivity index is 1.81. The molecule has 106 valence electrons. The third-order valence-electron chi connectivity index (χ3n) is 4.24. The molecule has 1 aliphatic rings. The summed E-state index contributed by atoms with van der Waals surface area (Å²) in [5.74, 6) is 1.77. The average Bonchev–Trinajstić information content (AvgIpc) is 2.46. The summed E-state index contributed by atoms with van der Waals surface area (Å²) in [6, 6.07) is 7.04. The predicted octanol–water partition coefficient (Wildman–Crippen LogP) is 3.19. The molecule has 0 aromatic heterocycles. The number of nitrogens with one attached hydrogen (secondary N) is 2. The van der Waals surface area contributed by atoms with Crippen molar-refractivity contribution in [3.05, 3.63) is 23.8 Å². The molecule has 0 spiro atoms. The average molecular weight is 262 g/mol. The third kappa shape index (κ3) is 3.87. The maximum atomic E-state index is 5.28. The fourth-order valence-electron chi connectivity index (χ4n) is 2.91. The number of anilines is 1. The molecule has 0 amide bonds. The smallest absolute Gasteiger partial charge is 0.121 e. The van der Waals surface area contributed by atoms with Gasteiger partial charge >= 0.3 is 0 Å². The number of rotatable bonds is 5. The first kappa shape index (κ1) is 14.2. The molecule has 19 heavy (non-hydrogen) atoms. The summed E-state index contributed by atoms with van der Waals surface area (Å²) in [5.41, 5.74) is 2.39. The Morgan fingerprint density at radius 2 is 1.95 bits per heavy atom. The van der Waals surface area contributed by atoms with Gasteiger partial charge in [0, 0.05) is 18.3 Å². The number of benzene rings is 1. The van der Waals surface area contributed by atoms with Gasteiger partial charge in [-0.1, -0.05) is 0 Å². The number of aryl methyl sites for hydroxylation is 1. The number of hydrogen-bond donors (Lipinski definition) is 2. The predicted molar refractivity (Wildman–Crippen MR) is 81.0 cm³/mol. The van der Waals surface area contributed by atoms with E-state index in [0.717, 1.165) is 24.3 Å². The van der Waals surface area contributed by atoms with Crippen LogP contribution in [-0.4, -0.2) is 26.7 Å². The number of ether oxygens (including phenoxy) is 1. The van der Waals surface area contributed by atoms with Gasteiger partial charge in [-0.3, -0.25) is 0 Å². The number of hydrogen-bond acceptors (Lipinski definition) is 3. The summed E-state index contributed by atoms with van der Waals surface area (Å²) >= 11 is 0. The van der Waals surface area contributed by atoms with Crippen LogP contribution >= 0.6 is 0 Å². The van der Waals surface area contributed by atoms with Crippen molar-refractivity contribution >= 4 is 5.69 Å². The Kier molecular flexibility index (Phi) is 5.08. The van der Waals surface area contributed by atoms with Gasteiger partial charge in [0.1, 0.15) is 5.75 Å². The maximum Gasteiger partial charge on any atom is 0.121 e. The summed E-state index contributed by atoms with van der Waals surface area (Å²) in [5, 5.41) is 6.95. The Labute approximate surface area is 116 Å². The third-order valence-corrected chi connectivity index (χ3v) is 4.24. The van der Waals surface area contributed by atoms with Gasteiger partial charge in [-0.05, 0) is 69.3 Å². The van der Waals surface area contributed by atoms with Crippen molar-refractivity contribution in [1.29, 1.82) is 0 Å². The van der Waals surface area contributed by atoms with Gasteiger partial charge in [-0.2, -0.15) is 0 Å². The van der Waals surface area contributed by atoms with E-state index in [1.807, 2.05) is 6.07 Å². The first-order chi connectivity index (χ1) is 9.22. The maximum absolute atomic E-state index is 5.28. The highest BCUT2D eigenvalue weighted by atomic mass is 16.5. The molecule has 0 saturated heterocycles. The SMILES string of the molecule is CNC1CCC(CNc2ccc(OC)c(C)c2)CC1. The normalized spacial score (nSPS) is 23.1. The summed E-state index contributed by atoms with van der Waals surface area (Å²) in [6.07, 6.45) is 5.27. The summed E-state index contributed by atoms with van der Waals surface area (Å²) in [6.45, 7) is 3.17. The van der Waals surface area contributed by atoms with E-state index >= 15 is 0 Å². The molecule has 1 aromatic carbocycles. The van der Waals surface area contributed by atoms with Crippen LogP contribution in [0.3, 0.4) is 0 Å². The van der Waals surface area contributed by atoms with Gasteiger partial charge < -0.3 is 15.4 Å². The highest BCUT2D eigenvalue weighted by molar-refractivity contribution is 5.50. The van der Waals surface area contributed by atoms with Crippen LogP contribution in [0.2, 0.25) is 0 Å². The van der Waals surface area contributed by atoms with E-state index in [0.29, 0.717) is 0 Å². The molecule has 1 aliphatic carbocycles. The lowest BCUT2D eigenvalue weighted by Crippen LogP contribution is -2.32. The highest BCUT2D eigenvalue weighted by Crippen LogP contribution is 2.26. The highest BCUT2D eigenvalue weighted by Gasteiger charge is 2.19. The quantitative estimate of drug-likeness (QED) is 0.855. The van der Waals surface area contributed by atoms with Gasteiger partial charge in [-0.25, -0.2) is 0 Å². The molecule has 0 unspecified atom stereocenters. The lowest BCUT2D eigenvalue weighted by atomic mass is 9.86. The lowest BCUT2D eigenvalue weighted by Gasteiger charge is -2.28. The largest absolute Gasteiger partial charge is 0.496 e. The van der Waals surface area contributed by atoms with Crippen LogP contribution in [0.5, 0.6) is 5.75 Å². The van der Waals surface area contributed by atoms with Gasteiger partial charge in [0.15, 0.2) is 0 Å². The van der Waals surface area contributed by atoms with Crippen LogP contribution in [0.1, 0.15) is 31.2 Å². The van der Waals surface area contributed by atoms with E-state index in [2.05, 4.69) is 36.7 Å². The van der Waals surface area contributed by atoms with E-state index in [1.165, 1.54) is 36.9 Å². The topological polar surface area (TPSA) is 33.3 Å². The summed E-state index contributed by atoms with van der Waals surface area (Å²) < 4.78 is 5.28.